The monoisotopic (exact) mass is 584 g/mol. The van der Waals surface area contributed by atoms with E-state index in [-0.39, 0.29) is 19.0 Å². The molecule has 0 fully saturated rings. The van der Waals surface area contributed by atoms with Crippen molar-refractivity contribution in [3.8, 4) is 17.2 Å². The van der Waals surface area contributed by atoms with E-state index in [4.69, 9.17) is 35.5 Å². The van der Waals surface area contributed by atoms with Crippen molar-refractivity contribution in [3.63, 3.8) is 0 Å². The number of ether oxygens (including phenoxy) is 4. The molecule has 0 radical (unpaired) electrons. The molecule has 1 heterocycles. The maximum Gasteiger partial charge on any atom is 0.306 e. The summed E-state index contributed by atoms with van der Waals surface area (Å²) in [7, 11) is 1.97. The first-order chi connectivity index (χ1) is 20.5. The van der Waals surface area contributed by atoms with Gasteiger partial charge in [-0.3, -0.25) is 4.79 Å². The second kappa shape index (κ2) is 13.9. The summed E-state index contributed by atoms with van der Waals surface area (Å²) in [5, 5.41) is 0.669. The number of imidazole rings is 1. The summed E-state index contributed by atoms with van der Waals surface area (Å²) in [4.78, 5) is 16.7. The molecule has 0 N–H and O–H groups in total. The fourth-order valence-electron chi connectivity index (χ4n) is 4.50. The molecule has 1 aromatic heterocycles. The van der Waals surface area contributed by atoms with Crippen LogP contribution in [-0.2, 0) is 42.8 Å². The number of rotatable bonds is 13. The molecule has 0 atom stereocenters. The highest BCUT2D eigenvalue weighted by Gasteiger charge is 2.13. The highest BCUT2D eigenvalue weighted by atomic mass is 35.5. The van der Waals surface area contributed by atoms with E-state index in [9.17, 15) is 4.79 Å². The number of benzene rings is 4. The Balaban J connectivity index is 1.28. The lowest BCUT2D eigenvalue weighted by molar-refractivity contribution is -0.143. The number of hydrogen-bond acceptors (Lipinski definition) is 6. The van der Waals surface area contributed by atoms with E-state index in [0.29, 0.717) is 42.8 Å². The Morgan fingerprint density at radius 2 is 1.50 bits per heavy atom. The lowest BCUT2D eigenvalue weighted by atomic mass is 10.1. The van der Waals surface area contributed by atoms with Gasteiger partial charge >= 0.3 is 5.97 Å². The maximum absolute atomic E-state index is 12.0. The Kier molecular flexibility index (Phi) is 9.62. The van der Waals surface area contributed by atoms with Crippen molar-refractivity contribution in [3.05, 3.63) is 119 Å². The van der Waals surface area contributed by atoms with Crippen LogP contribution < -0.4 is 14.2 Å². The van der Waals surface area contributed by atoms with Gasteiger partial charge in [0.05, 0.1) is 17.6 Å². The van der Waals surface area contributed by atoms with Gasteiger partial charge in [0, 0.05) is 30.6 Å². The normalized spacial score (nSPS) is 10.9. The molecule has 216 valence electrons. The molecule has 0 aliphatic rings. The Bertz CT molecular complexity index is 1630. The average molecular weight is 585 g/mol. The van der Waals surface area contributed by atoms with Crippen LogP contribution in [0.4, 0.5) is 0 Å². The van der Waals surface area contributed by atoms with E-state index in [2.05, 4.69) is 0 Å². The fourth-order valence-corrected chi connectivity index (χ4v) is 4.63. The Morgan fingerprint density at radius 1 is 0.810 bits per heavy atom. The van der Waals surface area contributed by atoms with Gasteiger partial charge < -0.3 is 23.5 Å². The summed E-state index contributed by atoms with van der Waals surface area (Å²) in [6.07, 6.45) is 0.761. The van der Waals surface area contributed by atoms with Gasteiger partial charge in [-0.25, -0.2) is 4.98 Å². The molecule has 0 spiro atoms. The maximum atomic E-state index is 12.0. The van der Waals surface area contributed by atoms with Crippen LogP contribution in [0, 0.1) is 0 Å². The fraction of sp³-hybridized carbons (Fsp3) is 0.235. The van der Waals surface area contributed by atoms with E-state index in [0.717, 1.165) is 39.3 Å². The predicted molar refractivity (Wildman–Crippen MR) is 163 cm³/mol. The number of carbonyl (C=O) groups is 1. The minimum absolute atomic E-state index is 0.239. The topological polar surface area (TPSA) is 71.8 Å². The number of halogens is 1. The van der Waals surface area contributed by atoms with E-state index in [1.807, 2.05) is 103 Å². The van der Waals surface area contributed by atoms with Gasteiger partial charge in [-0.05, 0) is 60.4 Å². The molecule has 0 aliphatic carbocycles. The molecule has 42 heavy (non-hydrogen) atoms. The Hall–Kier alpha value is -4.49. The molecule has 4 aromatic carbocycles. The molecule has 0 bridgehead atoms. The highest BCUT2D eigenvalue weighted by Crippen LogP contribution is 2.29. The molecule has 0 amide bonds. The van der Waals surface area contributed by atoms with Gasteiger partial charge in [-0.1, -0.05) is 60.1 Å². The highest BCUT2D eigenvalue weighted by molar-refractivity contribution is 6.30. The van der Waals surface area contributed by atoms with Crippen LogP contribution in [-0.4, -0.2) is 22.1 Å². The SMILES string of the molecule is CCOC(=O)CCc1ccc(OCc2nc3ccc(OCc4ccccc4)cc3n2C)cc1OCc1ccc(Cl)cc1. The number of fused-ring (bicyclic) bond motifs is 1. The van der Waals surface area contributed by atoms with Crippen molar-refractivity contribution in [1.29, 1.82) is 0 Å². The zero-order chi connectivity index (χ0) is 29.3. The van der Waals surface area contributed by atoms with Crippen LogP contribution in [0.25, 0.3) is 11.0 Å². The van der Waals surface area contributed by atoms with Crippen molar-refractivity contribution in [2.45, 2.75) is 39.6 Å². The summed E-state index contributed by atoms with van der Waals surface area (Å²) < 4.78 is 25.5. The molecule has 0 saturated heterocycles. The minimum Gasteiger partial charge on any atom is -0.489 e. The average Bonchev–Trinajstić information content (AvgIpc) is 3.33. The Morgan fingerprint density at radius 3 is 2.29 bits per heavy atom. The predicted octanol–water partition coefficient (Wildman–Crippen LogP) is 7.46. The number of carbonyl (C=O) groups excluding carboxylic acids is 1. The van der Waals surface area contributed by atoms with Gasteiger partial charge in [0.25, 0.3) is 0 Å². The minimum atomic E-state index is -0.239. The van der Waals surface area contributed by atoms with Gasteiger partial charge in [0.1, 0.15) is 42.9 Å². The summed E-state index contributed by atoms with van der Waals surface area (Å²) >= 11 is 6.02. The molecular formula is C34H33ClN2O5. The molecule has 8 heteroatoms. The summed E-state index contributed by atoms with van der Waals surface area (Å²) in [6, 6.07) is 29.1. The lowest BCUT2D eigenvalue weighted by Gasteiger charge is -2.14. The third-order valence-electron chi connectivity index (χ3n) is 6.81. The first kappa shape index (κ1) is 29.0. The molecule has 0 unspecified atom stereocenters. The molecule has 0 saturated carbocycles. The summed E-state index contributed by atoms with van der Waals surface area (Å²) in [5.74, 6) is 2.61. The summed E-state index contributed by atoms with van der Waals surface area (Å²) in [6.45, 7) is 3.28. The van der Waals surface area contributed by atoms with Gasteiger partial charge in [0.2, 0.25) is 0 Å². The van der Waals surface area contributed by atoms with Crippen LogP contribution >= 0.6 is 11.6 Å². The van der Waals surface area contributed by atoms with Gasteiger partial charge in [0.15, 0.2) is 0 Å². The van der Waals surface area contributed by atoms with E-state index >= 15 is 0 Å². The van der Waals surface area contributed by atoms with Gasteiger partial charge in [-0.15, -0.1) is 0 Å². The number of aromatic nitrogens is 2. The Labute approximate surface area is 250 Å². The van der Waals surface area contributed by atoms with Crippen LogP contribution in [0.5, 0.6) is 17.2 Å². The molecule has 7 nitrogen and oxygen atoms in total. The van der Waals surface area contributed by atoms with Crippen molar-refractivity contribution in [2.75, 3.05) is 6.61 Å². The second-order valence-electron chi connectivity index (χ2n) is 9.79. The molecule has 5 rings (SSSR count). The number of hydrogen-bond donors (Lipinski definition) is 0. The van der Waals surface area contributed by atoms with Crippen LogP contribution in [0.3, 0.4) is 0 Å². The second-order valence-corrected chi connectivity index (χ2v) is 10.2. The zero-order valence-electron chi connectivity index (χ0n) is 23.7. The number of aryl methyl sites for hydroxylation is 2. The van der Waals surface area contributed by atoms with Gasteiger partial charge in [-0.2, -0.15) is 0 Å². The third-order valence-corrected chi connectivity index (χ3v) is 7.06. The van der Waals surface area contributed by atoms with Crippen LogP contribution in [0.1, 0.15) is 35.9 Å². The lowest BCUT2D eigenvalue weighted by Crippen LogP contribution is -2.07. The first-order valence-electron chi connectivity index (χ1n) is 13.9. The standard InChI is InChI=1S/C34H33ClN2O5/c1-3-39-34(38)18-12-26-11-15-29(20-32(26)42-22-25-9-13-27(35)14-10-25)41-23-33-36-30-17-16-28(19-31(30)37(33)2)40-21-24-7-5-4-6-8-24/h4-11,13-17,19-20H,3,12,18,21-23H2,1-2H3. The summed E-state index contributed by atoms with van der Waals surface area (Å²) in [5.41, 5.74) is 4.81. The van der Waals surface area contributed by atoms with Crippen molar-refractivity contribution >= 4 is 28.6 Å². The quantitative estimate of drug-likeness (QED) is 0.134. The molecular weight excluding hydrogens is 552 g/mol. The van der Waals surface area contributed by atoms with E-state index < -0.39 is 0 Å². The number of nitrogens with zero attached hydrogens (tertiary/aromatic N) is 2. The van der Waals surface area contributed by atoms with Crippen LogP contribution in [0.2, 0.25) is 5.02 Å². The molecule has 5 aromatic rings. The smallest absolute Gasteiger partial charge is 0.306 e. The van der Waals surface area contributed by atoms with E-state index in [1.54, 1.807) is 6.92 Å². The van der Waals surface area contributed by atoms with E-state index in [1.165, 1.54) is 0 Å². The number of esters is 1. The van der Waals surface area contributed by atoms with Crippen LogP contribution in [0.15, 0.2) is 91.0 Å². The molecule has 0 aliphatic heterocycles. The van der Waals surface area contributed by atoms with Crippen molar-refractivity contribution in [2.24, 2.45) is 7.05 Å². The van der Waals surface area contributed by atoms with Crippen molar-refractivity contribution < 1.29 is 23.7 Å². The third kappa shape index (κ3) is 7.62. The first-order valence-corrected chi connectivity index (χ1v) is 14.3. The zero-order valence-corrected chi connectivity index (χ0v) is 24.5. The van der Waals surface area contributed by atoms with Crippen molar-refractivity contribution in [1.82, 2.24) is 9.55 Å². The largest absolute Gasteiger partial charge is 0.489 e.